The predicted octanol–water partition coefficient (Wildman–Crippen LogP) is 3.88. The number of aryl methyl sites for hydroxylation is 2. The minimum Gasteiger partial charge on any atom is -0.486 e. The third kappa shape index (κ3) is 5.10. The number of rotatable bonds is 7. The summed E-state index contributed by atoms with van der Waals surface area (Å²) in [5.41, 5.74) is 2.93. The summed E-state index contributed by atoms with van der Waals surface area (Å²) in [6.07, 6.45) is 0. The molecule has 0 aliphatic rings. The van der Waals surface area contributed by atoms with E-state index in [1.165, 1.54) is 47.2 Å². The van der Waals surface area contributed by atoms with Crippen LogP contribution in [0.3, 0.4) is 0 Å². The summed E-state index contributed by atoms with van der Waals surface area (Å²) in [5, 5.41) is 11.6. The van der Waals surface area contributed by atoms with Crippen LogP contribution < -0.4 is 10.1 Å². The van der Waals surface area contributed by atoms with E-state index in [0.29, 0.717) is 16.7 Å². The normalized spacial score (nSPS) is 10.7. The highest BCUT2D eigenvalue weighted by molar-refractivity contribution is 7.99. The molecule has 6 nitrogen and oxygen atoms in total. The lowest BCUT2D eigenvalue weighted by atomic mass is 10.1. The van der Waals surface area contributed by atoms with Crippen LogP contribution in [0.5, 0.6) is 5.75 Å². The lowest BCUT2D eigenvalue weighted by molar-refractivity contribution is -0.113. The van der Waals surface area contributed by atoms with Crippen LogP contribution in [0.1, 0.15) is 17.0 Å². The first-order chi connectivity index (χ1) is 13.4. The molecular formula is C20H21FN4O2S. The van der Waals surface area contributed by atoms with Crippen LogP contribution in [0.25, 0.3) is 0 Å². The van der Waals surface area contributed by atoms with E-state index in [1.54, 1.807) is 4.57 Å². The Labute approximate surface area is 167 Å². The van der Waals surface area contributed by atoms with E-state index in [1.807, 2.05) is 32.2 Å². The number of halogens is 1. The standard InChI is InChI=1S/C20H21FN4O2S/c1-13-4-9-17(10-14(13)2)27-11-18-23-24-20(25(18)3)28-12-19(26)22-16-7-5-15(21)6-8-16/h4-10H,11-12H2,1-3H3,(H,22,26). The second-order valence-corrected chi connectivity index (χ2v) is 7.28. The molecule has 0 fully saturated rings. The van der Waals surface area contributed by atoms with Gasteiger partial charge < -0.3 is 14.6 Å². The molecule has 0 aliphatic heterocycles. The first-order valence-electron chi connectivity index (χ1n) is 8.69. The van der Waals surface area contributed by atoms with Gasteiger partial charge in [0.15, 0.2) is 11.0 Å². The van der Waals surface area contributed by atoms with E-state index >= 15 is 0 Å². The number of ether oxygens (including phenoxy) is 1. The van der Waals surface area contributed by atoms with Crippen molar-refractivity contribution in [2.45, 2.75) is 25.6 Å². The largest absolute Gasteiger partial charge is 0.486 e. The molecule has 1 aromatic heterocycles. The summed E-state index contributed by atoms with van der Waals surface area (Å²) in [6, 6.07) is 11.6. The molecule has 1 heterocycles. The summed E-state index contributed by atoms with van der Waals surface area (Å²) in [7, 11) is 1.83. The summed E-state index contributed by atoms with van der Waals surface area (Å²) >= 11 is 1.27. The maximum atomic E-state index is 12.9. The Hall–Kier alpha value is -2.87. The summed E-state index contributed by atoms with van der Waals surface area (Å²) in [4.78, 5) is 12.1. The molecule has 0 bridgehead atoms. The van der Waals surface area contributed by atoms with Crippen LogP contribution >= 0.6 is 11.8 Å². The molecule has 0 atom stereocenters. The average molecular weight is 400 g/mol. The molecule has 0 unspecified atom stereocenters. The van der Waals surface area contributed by atoms with Gasteiger partial charge in [-0.1, -0.05) is 17.8 Å². The number of amides is 1. The van der Waals surface area contributed by atoms with Crippen molar-refractivity contribution < 1.29 is 13.9 Å². The van der Waals surface area contributed by atoms with Gasteiger partial charge in [-0.2, -0.15) is 0 Å². The minimum atomic E-state index is -0.345. The zero-order valence-electron chi connectivity index (χ0n) is 15.9. The lowest BCUT2D eigenvalue weighted by Crippen LogP contribution is -2.14. The van der Waals surface area contributed by atoms with Crippen LogP contribution in [-0.2, 0) is 18.4 Å². The number of nitrogens with one attached hydrogen (secondary N) is 1. The van der Waals surface area contributed by atoms with Crippen molar-refractivity contribution in [2.75, 3.05) is 11.1 Å². The first kappa shape index (κ1) is 19.9. The number of thioether (sulfide) groups is 1. The summed E-state index contributed by atoms with van der Waals surface area (Å²) < 4.78 is 20.5. The van der Waals surface area contributed by atoms with Gasteiger partial charge in [0.1, 0.15) is 18.2 Å². The second kappa shape index (κ2) is 8.88. The Morgan fingerprint density at radius 1 is 1.14 bits per heavy atom. The molecule has 146 valence electrons. The van der Waals surface area contributed by atoms with E-state index in [-0.39, 0.29) is 24.1 Å². The summed E-state index contributed by atoms with van der Waals surface area (Å²) in [5.74, 6) is 1.06. The van der Waals surface area contributed by atoms with Gasteiger partial charge in [-0.15, -0.1) is 10.2 Å². The van der Waals surface area contributed by atoms with Gasteiger partial charge in [-0.3, -0.25) is 4.79 Å². The van der Waals surface area contributed by atoms with Crippen LogP contribution in [0.4, 0.5) is 10.1 Å². The molecule has 1 amide bonds. The molecule has 3 rings (SSSR count). The fourth-order valence-electron chi connectivity index (χ4n) is 2.41. The number of hydrogen-bond acceptors (Lipinski definition) is 5. The van der Waals surface area contributed by atoms with Crippen LogP contribution in [0.15, 0.2) is 47.6 Å². The molecule has 0 aliphatic carbocycles. The SMILES string of the molecule is Cc1ccc(OCc2nnc(SCC(=O)Nc3ccc(F)cc3)n2C)cc1C. The van der Waals surface area contributed by atoms with Gasteiger partial charge in [0.05, 0.1) is 5.75 Å². The van der Waals surface area contributed by atoms with Crippen molar-refractivity contribution in [1.29, 1.82) is 0 Å². The van der Waals surface area contributed by atoms with Crippen molar-refractivity contribution >= 4 is 23.4 Å². The predicted molar refractivity (Wildman–Crippen MR) is 107 cm³/mol. The van der Waals surface area contributed by atoms with E-state index in [2.05, 4.69) is 22.4 Å². The molecule has 0 radical (unpaired) electrons. The number of benzene rings is 2. The number of hydrogen-bond donors (Lipinski definition) is 1. The van der Waals surface area contributed by atoms with Gasteiger partial charge in [-0.25, -0.2) is 4.39 Å². The zero-order chi connectivity index (χ0) is 20.1. The molecule has 0 saturated carbocycles. The highest BCUT2D eigenvalue weighted by Crippen LogP contribution is 2.20. The fraction of sp³-hybridized carbons (Fsp3) is 0.250. The molecule has 0 saturated heterocycles. The molecule has 0 spiro atoms. The number of nitrogens with zero attached hydrogens (tertiary/aromatic N) is 3. The highest BCUT2D eigenvalue weighted by atomic mass is 32.2. The van der Waals surface area contributed by atoms with Crippen molar-refractivity contribution in [1.82, 2.24) is 14.8 Å². The fourth-order valence-corrected chi connectivity index (χ4v) is 3.14. The van der Waals surface area contributed by atoms with E-state index in [9.17, 15) is 9.18 Å². The lowest BCUT2D eigenvalue weighted by Gasteiger charge is -2.08. The van der Waals surface area contributed by atoms with Crippen molar-refractivity contribution in [3.63, 3.8) is 0 Å². The molecule has 1 N–H and O–H groups in total. The second-order valence-electron chi connectivity index (χ2n) is 6.34. The maximum Gasteiger partial charge on any atom is 0.234 e. The van der Waals surface area contributed by atoms with Gasteiger partial charge in [0.25, 0.3) is 0 Å². The average Bonchev–Trinajstić information content (AvgIpc) is 3.03. The molecule has 28 heavy (non-hydrogen) atoms. The van der Waals surface area contributed by atoms with Crippen LogP contribution in [-0.4, -0.2) is 26.4 Å². The smallest absolute Gasteiger partial charge is 0.234 e. The van der Waals surface area contributed by atoms with Gasteiger partial charge >= 0.3 is 0 Å². The first-order valence-corrected chi connectivity index (χ1v) is 9.67. The van der Waals surface area contributed by atoms with Gasteiger partial charge in [-0.05, 0) is 61.4 Å². The minimum absolute atomic E-state index is 0.168. The van der Waals surface area contributed by atoms with Crippen LogP contribution in [0, 0.1) is 19.7 Å². The van der Waals surface area contributed by atoms with E-state index in [0.717, 1.165) is 5.75 Å². The number of anilines is 1. The van der Waals surface area contributed by atoms with Crippen LogP contribution in [0.2, 0.25) is 0 Å². The van der Waals surface area contributed by atoms with Gasteiger partial charge in [0.2, 0.25) is 5.91 Å². The Kier molecular flexibility index (Phi) is 6.30. The molecule has 8 heteroatoms. The quantitative estimate of drug-likeness (QED) is 0.610. The number of carbonyl (C=O) groups is 1. The van der Waals surface area contributed by atoms with Crippen molar-refractivity contribution in [3.05, 3.63) is 65.2 Å². The maximum absolute atomic E-state index is 12.9. The third-order valence-electron chi connectivity index (χ3n) is 4.23. The topological polar surface area (TPSA) is 69.0 Å². The van der Waals surface area contributed by atoms with Gasteiger partial charge in [0, 0.05) is 12.7 Å². The molecular weight excluding hydrogens is 379 g/mol. The monoisotopic (exact) mass is 400 g/mol. The zero-order valence-corrected chi connectivity index (χ0v) is 16.7. The molecule has 2 aromatic carbocycles. The third-order valence-corrected chi connectivity index (χ3v) is 5.25. The Bertz CT molecular complexity index is 973. The van der Waals surface area contributed by atoms with E-state index in [4.69, 9.17) is 4.74 Å². The Balaban J connectivity index is 1.53. The Morgan fingerprint density at radius 2 is 1.89 bits per heavy atom. The van der Waals surface area contributed by atoms with E-state index < -0.39 is 0 Å². The molecule has 3 aromatic rings. The number of carbonyl (C=O) groups excluding carboxylic acids is 1. The Morgan fingerprint density at radius 3 is 2.61 bits per heavy atom. The summed E-state index contributed by atoms with van der Waals surface area (Å²) in [6.45, 7) is 4.38. The van der Waals surface area contributed by atoms with Crippen molar-refractivity contribution in [2.24, 2.45) is 7.05 Å². The van der Waals surface area contributed by atoms with Crippen molar-refractivity contribution in [3.8, 4) is 5.75 Å². The highest BCUT2D eigenvalue weighted by Gasteiger charge is 2.12. The number of aromatic nitrogens is 3.